The molecule has 0 spiro atoms. The number of nitrogens with one attached hydrogen (secondary N) is 1. The summed E-state index contributed by atoms with van der Waals surface area (Å²) in [6, 6.07) is 17.7. The Morgan fingerprint density at radius 1 is 1.11 bits per heavy atom. The van der Waals surface area contributed by atoms with Crippen molar-refractivity contribution in [1.29, 1.82) is 5.26 Å². The van der Waals surface area contributed by atoms with Gasteiger partial charge in [0.2, 0.25) is 0 Å². The number of halogens is 4. The lowest BCUT2D eigenvalue weighted by molar-refractivity contribution is -0.139. The maximum Gasteiger partial charge on any atom is 0.321 e. The summed E-state index contributed by atoms with van der Waals surface area (Å²) in [5.74, 6) is -4.18. The molecule has 0 amide bonds. The first-order chi connectivity index (χ1) is 17.0. The molecule has 1 saturated heterocycles. The highest BCUT2D eigenvalue weighted by molar-refractivity contribution is 6.31. The third-order valence-corrected chi connectivity index (χ3v) is 7.70. The lowest BCUT2D eigenvalue weighted by Gasteiger charge is -2.38. The fourth-order valence-corrected chi connectivity index (χ4v) is 5.79. The van der Waals surface area contributed by atoms with Crippen LogP contribution in [0, 0.1) is 23.0 Å². The summed E-state index contributed by atoms with van der Waals surface area (Å²) < 4.78 is 30.9. The van der Waals surface area contributed by atoms with Crippen LogP contribution >= 0.6 is 23.2 Å². The first kappa shape index (κ1) is 26.1. The molecular formula is C28H24Cl2F2N2O2. The summed E-state index contributed by atoms with van der Waals surface area (Å²) >= 11 is 12.1. The molecule has 0 bridgehead atoms. The van der Waals surface area contributed by atoms with Crippen molar-refractivity contribution in [3.05, 3.63) is 105 Å². The maximum absolute atomic E-state index is 15.5. The number of benzene rings is 3. The Bertz CT molecular complexity index is 1340. The Labute approximate surface area is 218 Å². The Morgan fingerprint density at radius 3 is 2.42 bits per heavy atom. The second-order valence-corrected chi connectivity index (χ2v) is 10.6. The van der Waals surface area contributed by atoms with Crippen LogP contribution in [0.5, 0.6) is 0 Å². The van der Waals surface area contributed by atoms with E-state index in [0.29, 0.717) is 0 Å². The molecule has 4 atom stereocenters. The van der Waals surface area contributed by atoms with Crippen LogP contribution in [0.4, 0.5) is 8.78 Å². The van der Waals surface area contributed by atoms with Gasteiger partial charge in [0.25, 0.3) is 0 Å². The number of aliphatic carboxylic acids is 1. The summed E-state index contributed by atoms with van der Waals surface area (Å²) in [5.41, 5.74) is -1.51. The van der Waals surface area contributed by atoms with Gasteiger partial charge < -0.3 is 5.11 Å². The number of nitriles is 1. The molecule has 2 N–H and O–H groups in total. The SMILES string of the molecule is CC(C)(C[C@@H]1N[C@@H](C(=O)O)[C@H](c2cccc(Cl)c2F)[C@@]1(C#N)c1ccc(Cl)cc1F)c1ccccc1. The molecule has 36 heavy (non-hydrogen) atoms. The number of hydrogen-bond donors (Lipinski definition) is 2. The van der Waals surface area contributed by atoms with E-state index in [9.17, 15) is 15.2 Å². The largest absolute Gasteiger partial charge is 0.480 e. The molecule has 0 radical (unpaired) electrons. The third kappa shape index (κ3) is 4.37. The summed E-state index contributed by atoms with van der Waals surface area (Å²) in [4.78, 5) is 12.5. The van der Waals surface area contributed by atoms with Gasteiger partial charge in [0.05, 0.1) is 11.1 Å². The van der Waals surface area contributed by atoms with E-state index in [2.05, 4.69) is 11.4 Å². The average Bonchev–Trinajstić information content (AvgIpc) is 3.15. The summed E-state index contributed by atoms with van der Waals surface area (Å²) in [6.07, 6.45) is 0.259. The highest BCUT2D eigenvalue weighted by Gasteiger charge is 2.61. The Balaban J connectivity index is 1.99. The zero-order valence-electron chi connectivity index (χ0n) is 19.6. The minimum absolute atomic E-state index is 0.0520. The summed E-state index contributed by atoms with van der Waals surface area (Å²) in [6.45, 7) is 3.93. The van der Waals surface area contributed by atoms with Crippen molar-refractivity contribution >= 4 is 29.2 Å². The zero-order chi connectivity index (χ0) is 26.3. The van der Waals surface area contributed by atoms with Crippen LogP contribution in [0.1, 0.15) is 42.9 Å². The van der Waals surface area contributed by atoms with Crippen molar-refractivity contribution in [2.75, 3.05) is 0 Å². The van der Waals surface area contributed by atoms with Gasteiger partial charge in [0, 0.05) is 22.5 Å². The topological polar surface area (TPSA) is 73.1 Å². The van der Waals surface area contributed by atoms with E-state index in [1.54, 1.807) is 0 Å². The monoisotopic (exact) mass is 528 g/mol. The minimum atomic E-state index is -1.80. The third-order valence-electron chi connectivity index (χ3n) is 7.17. The number of carbonyl (C=O) groups is 1. The quantitative estimate of drug-likeness (QED) is 0.377. The van der Waals surface area contributed by atoms with Crippen LogP contribution in [-0.4, -0.2) is 23.2 Å². The van der Waals surface area contributed by atoms with Crippen LogP contribution in [0.25, 0.3) is 0 Å². The predicted molar refractivity (Wildman–Crippen MR) is 135 cm³/mol. The molecule has 186 valence electrons. The Morgan fingerprint density at radius 2 is 1.81 bits per heavy atom. The molecule has 1 heterocycles. The van der Waals surface area contributed by atoms with Crippen LogP contribution in [-0.2, 0) is 15.6 Å². The van der Waals surface area contributed by atoms with E-state index < -0.39 is 46.4 Å². The normalized spacial score (nSPS) is 23.9. The van der Waals surface area contributed by atoms with Crippen LogP contribution in [0.3, 0.4) is 0 Å². The van der Waals surface area contributed by atoms with E-state index in [1.807, 2.05) is 44.2 Å². The molecule has 0 aromatic heterocycles. The van der Waals surface area contributed by atoms with E-state index >= 15 is 8.78 Å². The first-order valence-electron chi connectivity index (χ1n) is 11.4. The molecule has 0 aliphatic carbocycles. The predicted octanol–water partition coefficient (Wildman–Crippen LogP) is 6.61. The van der Waals surface area contributed by atoms with Crippen LogP contribution in [0.15, 0.2) is 66.7 Å². The van der Waals surface area contributed by atoms with Gasteiger partial charge in [-0.05, 0) is 41.2 Å². The van der Waals surface area contributed by atoms with E-state index in [1.165, 1.54) is 30.3 Å². The number of hydrogen-bond acceptors (Lipinski definition) is 3. The Hall–Kier alpha value is -2.98. The molecule has 1 aliphatic heterocycles. The number of rotatable bonds is 6. The molecule has 8 heteroatoms. The highest BCUT2D eigenvalue weighted by atomic mass is 35.5. The lowest BCUT2D eigenvalue weighted by Crippen LogP contribution is -2.46. The second-order valence-electron chi connectivity index (χ2n) is 9.71. The van der Waals surface area contributed by atoms with E-state index in [0.717, 1.165) is 11.6 Å². The standard InChI is InChI=1S/C28H24Cl2F2N2O2/c1-27(2,16-7-4-3-5-8-16)14-22-28(15-33,19-12-11-17(29)13-21(19)31)23(25(34-22)26(35)36)18-9-6-10-20(30)24(18)32/h3-13,22-23,25,34H,14H2,1-2H3,(H,35,36)/t22-,23-,25+,28-/m0/s1. The zero-order valence-corrected chi connectivity index (χ0v) is 21.1. The molecule has 0 unspecified atom stereocenters. The summed E-state index contributed by atoms with van der Waals surface area (Å²) in [5, 5.41) is 23.9. The van der Waals surface area contributed by atoms with Gasteiger partial charge in [0.1, 0.15) is 23.1 Å². The molecule has 1 fully saturated rings. The van der Waals surface area contributed by atoms with Gasteiger partial charge in [-0.1, -0.05) is 85.6 Å². The second kappa shape index (κ2) is 9.82. The Kier molecular flexibility index (Phi) is 7.12. The van der Waals surface area contributed by atoms with Crippen molar-refractivity contribution in [3.63, 3.8) is 0 Å². The van der Waals surface area contributed by atoms with Gasteiger partial charge >= 0.3 is 5.97 Å². The fourth-order valence-electron chi connectivity index (χ4n) is 5.45. The molecule has 3 aromatic rings. The number of carboxylic acid groups (broad SMARTS) is 1. The average molecular weight is 529 g/mol. The molecule has 4 rings (SSSR count). The van der Waals surface area contributed by atoms with Gasteiger partial charge in [-0.2, -0.15) is 5.26 Å². The molecule has 1 aliphatic rings. The highest BCUT2D eigenvalue weighted by Crippen LogP contribution is 2.53. The van der Waals surface area contributed by atoms with Gasteiger partial charge in [-0.3, -0.25) is 10.1 Å². The molecule has 3 aromatic carbocycles. The smallest absolute Gasteiger partial charge is 0.321 e. The van der Waals surface area contributed by atoms with E-state index in [-0.39, 0.29) is 27.6 Å². The maximum atomic E-state index is 15.5. The van der Waals surface area contributed by atoms with Crippen molar-refractivity contribution in [3.8, 4) is 6.07 Å². The first-order valence-corrected chi connectivity index (χ1v) is 12.1. The number of carboxylic acids is 1. The molecule has 0 saturated carbocycles. The lowest BCUT2D eigenvalue weighted by atomic mass is 9.62. The minimum Gasteiger partial charge on any atom is -0.480 e. The fraction of sp³-hybridized carbons (Fsp3) is 0.286. The summed E-state index contributed by atoms with van der Waals surface area (Å²) in [7, 11) is 0. The van der Waals surface area contributed by atoms with Crippen molar-refractivity contribution in [2.45, 2.75) is 49.1 Å². The number of nitrogens with zero attached hydrogens (tertiary/aromatic N) is 1. The van der Waals surface area contributed by atoms with Crippen molar-refractivity contribution in [1.82, 2.24) is 5.32 Å². The molecule has 4 nitrogen and oxygen atoms in total. The van der Waals surface area contributed by atoms with Crippen LogP contribution in [0.2, 0.25) is 10.0 Å². The van der Waals surface area contributed by atoms with Crippen molar-refractivity contribution < 1.29 is 18.7 Å². The van der Waals surface area contributed by atoms with Gasteiger partial charge in [-0.25, -0.2) is 8.78 Å². The van der Waals surface area contributed by atoms with E-state index in [4.69, 9.17) is 23.2 Å². The van der Waals surface area contributed by atoms with Crippen LogP contribution < -0.4 is 5.32 Å². The van der Waals surface area contributed by atoms with Gasteiger partial charge in [0.15, 0.2) is 0 Å². The van der Waals surface area contributed by atoms with Gasteiger partial charge in [-0.15, -0.1) is 0 Å². The molecular weight excluding hydrogens is 505 g/mol. The van der Waals surface area contributed by atoms with Crippen molar-refractivity contribution in [2.24, 2.45) is 0 Å².